The Balaban J connectivity index is 1.72. The van der Waals surface area contributed by atoms with Crippen LogP contribution in [0.5, 0.6) is 0 Å². The molecule has 2 unspecified atom stereocenters. The number of para-hydroxylation sites is 2. The molecule has 0 aliphatic carbocycles. The Labute approximate surface area is 165 Å². The molecule has 4 aromatic rings. The van der Waals surface area contributed by atoms with E-state index in [1.165, 1.54) is 0 Å². The highest BCUT2D eigenvalue weighted by Gasteiger charge is 2.24. The fourth-order valence-electron chi connectivity index (χ4n) is 3.82. The number of aliphatic hydroxyl groups excluding tert-OH is 1. The monoisotopic (exact) mass is 395 g/mol. The molecule has 1 saturated heterocycles. The van der Waals surface area contributed by atoms with E-state index in [-0.39, 0.29) is 30.0 Å². The maximum atomic E-state index is 13.5. The van der Waals surface area contributed by atoms with E-state index >= 15 is 0 Å². The Hall–Kier alpha value is -3.04. The summed E-state index contributed by atoms with van der Waals surface area (Å²) in [7, 11) is 0. The van der Waals surface area contributed by atoms with Gasteiger partial charge in [0.05, 0.1) is 36.2 Å². The fraction of sp³-hybridized carbons (Fsp3) is 0.400. The lowest BCUT2D eigenvalue weighted by molar-refractivity contribution is 0.0973. The molecule has 150 valence electrons. The summed E-state index contributed by atoms with van der Waals surface area (Å²) in [5.41, 5.74) is 2.28. The van der Waals surface area contributed by atoms with Crippen molar-refractivity contribution in [2.24, 2.45) is 0 Å². The van der Waals surface area contributed by atoms with Gasteiger partial charge in [0.2, 0.25) is 11.7 Å². The number of imidazole rings is 1. The number of aliphatic hydroxyl groups is 1. The lowest BCUT2D eigenvalue weighted by Gasteiger charge is -2.16. The topological polar surface area (TPSA) is 108 Å². The van der Waals surface area contributed by atoms with Gasteiger partial charge in [0.25, 0.3) is 5.56 Å². The first-order valence-corrected chi connectivity index (χ1v) is 9.72. The molecule has 1 aromatic carbocycles. The minimum absolute atomic E-state index is 0.0205. The molecule has 4 heterocycles. The second-order valence-electron chi connectivity index (χ2n) is 7.39. The summed E-state index contributed by atoms with van der Waals surface area (Å²) < 4.78 is 14.5. The molecule has 9 nitrogen and oxygen atoms in total. The molecule has 1 N–H and O–H groups in total. The highest BCUT2D eigenvalue weighted by molar-refractivity contribution is 5.83. The smallest absolute Gasteiger partial charge is 0.277 e. The average Bonchev–Trinajstić information content (AvgIpc) is 3.50. The number of hydrogen-bond acceptors (Lipinski definition) is 7. The Morgan fingerprint density at radius 2 is 2.14 bits per heavy atom. The van der Waals surface area contributed by atoms with Crippen molar-refractivity contribution in [1.82, 2.24) is 24.1 Å². The Bertz CT molecular complexity index is 1230. The van der Waals surface area contributed by atoms with E-state index in [1.54, 1.807) is 22.2 Å². The lowest BCUT2D eigenvalue weighted by atomic mass is 10.2. The van der Waals surface area contributed by atoms with E-state index in [9.17, 15) is 9.90 Å². The first-order chi connectivity index (χ1) is 14.2. The fourth-order valence-corrected chi connectivity index (χ4v) is 3.82. The van der Waals surface area contributed by atoms with Crippen molar-refractivity contribution >= 4 is 16.6 Å². The number of fused-ring (bicyclic) bond motifs is 3. The third kappa shape index (κ3) is 2.93. The first kappa shape index (κ1) is 18.0. The highest BCUT2D eigenvalue weighted by atomic mass is 16.5. The molecule has 0 spiro atoms. The van der Waals surface area contributed by atoms with Crippen LogP contribution in [0.1, 0.15) is 31.6 Å². The number of aromatic nitrogens is 5. The predicted octanol–water partition coefficient (Wildman–Crippen LogP) is 1.97. The SMILES string of the molecule is CC(CO)c1nc(-c2ncn3c2c(=O)n(CC2CCCO2)c2ccccc23)no1. The lowest BCUT2D eigenvalue weighted by Crippen LogP contribution is -2.28. The van der Waals surface area contributed by atoms with Crippen molar-refractivity contribution in [3.05, 3.63) is 46.8 Å². The van der Waals surface area contributed by atoms with Crippen LogP contribution in [0.3, 0.4) is 0 Å². The van der Waals surface area contributed by atoms with Crippen LogP contribution in [0.25, 0.3) is 28.1 Å². The van der Waals surface area contributed by atoms with Crippen molar-refractivity contribution < 1.29 is 14.4 Å². The van der Waals surface area contributed by atoms with Crippen LogP contribution < -0.4 is 5.56 Å². The third-order valence-corrected chi connectivity index (χ3v) is 5.41. The van der Waals surface area contributed by atoms with Gasteiger partial charge in [-0.05, 0) is 25.0 Å². The van der Waals surface area contributed by atoms with Gasteiger partial charge in [0.1, 0.15) is 17.5 Å². The molecule has 1 aliphatic rings. The zero-order chi connectivity index (χ0) is 20.0. The average molecular weight is 395 g/mol. The largest absolute Gasteiger partial charge is 0.396 e. The van der Waals surface area contributed by atoms with Crippen LogP contribution in [-0.4, -0.2) is 48.5 Å². The molecule has 0 saturated carbocycles. The molecule has 29 heavy (non-hydrogen) atoms. The second kappa shape index (κ2) is 7.09. The molecule has 0 amide bonds. The Morgan fingerprint density at radius 3 is 2.90 bits per heavy atom. The predicted molar refractivity (Wildman–Crippen MR) is 105 cm³/mol. The minimum Gasteiger partial charge on any atom is -0.396 e. The molecule has 0 bridgehead atoms. The first-order valence-electron chi connectivity index (χ1n) is 9.72. The van der Waals surface area contributed by atoms with Gasteiger partial charge < -0.3 is 18.9 Å². The number of ether oxygens (including phenoxy) is 1. The van der Waals surface area contributed by atoms with Gasteiger partial charge in [0, 0.05) is 6.61 Å². The van der Waals surface area contributed by atoms with E-state index in [4.69, 9.17) is 9.26 Å². The van der Waals surface area contributed by atoms with Gasteiger partial charge >= 0.3 is 0 Å². The van der Waals surface area contributed by atoms with E-state index in [0.717, 1.165) is 30.5 Å². The molecule has 1 fully saturated rings. The summed E-state index contributed by atoms with van der Waals surface area (Å²) >= 11 is 0. The van der Waals surface area contributed by atoms with Crippen molar-refractivity contribution in [1.29, 1.82) is 0 Å². The minimum atomic E-state index is -0.290. The molecule has 0 radical (unpaired) electrons. The molecule has 2 atom stereocenters. The molecular formula is C20H21N5O4. The number of nitrogens with zero attached hydrogens (tertiary/aromatic N) is 5. The van der Waals surface area contributed by atoms with Crippen molar-refractivity contribution in [3.8, 4) is 11.5 Å². The van der Waals surface area contributed by atoms with Crippen LogP contribution >= 0.6 is 0 Å². The summed E-state index contributed by atoms with van der Waals surface area (Å²) in [4.78, 5) is 22.3. The van der Waals surface area contributed by atoms with Crippen LogP contribution in [-0.2, 0) is 11.3 Å². The zero-order valence-corrected chi connectivity index (χ0v) is 16.0. The quantitative estimate of drug-likeness (QED) is 0.550. The third-order valence-electron chi connectivity index (χ3n) is 5.41. The van der Waals surface area contributed by atoms with Crippen LogP contribution in [0.15, 0.2) is 39.9 Å². The van der Waals surface area contributed by atoms with E-state index in [2.05, 4.69) is 15.1 Å². The van der Waals surface area contributed by atoms with Crippen LogP contribution in [0.4, 0.5) is 0 Å². The Morgan fingerprint density at radius 1 is 1.31 bits per heavy atom. The highest BCUT2D eigenvalue weighted by Crippen LogP contribution is 2.25. The second-order valence-corrected chi connectivity index (χ2v) is 7.39. The molecule has 1 aliphatic heterocycles. The van der Waals surface area contributed by atoms with E-state index in [0.29, 0.717) is 23.6 Å². The van der Waals surface area contributed by atoms with Gasteiger partial charge in [-0.2, -0.15) is 4.98 Å². The Kier molecular flexibility index (Phi) is 4.40. The van der Waals surface area contributed by atoms with Crippen molar-refractivity contribution in [2.75, 3.05) is 13.2 Å². The number of rotatable bonds is 5. The van der Waals surface area contributed by atoms with E-state index < -0.39 is 0 Å². The maximum Gasteiger partial charge on any atom is 0.277 e. The molecule has 3 aromatic heterocycles. The van der Waals surface area contributed by atoms with Crippen molar-refractivity contribution in [3.63, 3.8) is 0 Å². The van der Waals surface area contributed by atoms with Crippen LogP contribution in [0.2, 0.25) is 0 Å². The van der Waals surface area contributed by atoms with E-state index in [1.807, 2.05) is 24.3 Å². The normalized spacial score (nSPS) is 18.1. The molecule has 9 heteroatoms. The molecule has 5 rings (SSSR count). The summed E-state index contributed by atoms with van der Waals surface area (Å²) in [6.07, 6.45) is 3.57. The standard InChI is InChI=1S/C20H21N5O4/c1-12(10-26)19-22-18(23-29-19)16-17-20(27)24(9-13-5-4-8-28-13)14-6-2-3-7-15(14)25(17)11-21-16/h2-3,6-7,11-13,26H,4-5,8-10H2,1H3. The number of hydrogen-bond donors (Lipinski definition) is 1. The number of benzene rings is 1. The van der Waals surface area contributed by atoms with Crippen molar-refractivity contribution in [2.45, 2.75) is 38.3 Å². The maximum absolute atomic E-state index is 13.5. The zero-order valence-electron chi connectivity index (χ0n) is 16.0. The van der Waals surface area contributed by atoms with Gasteiger partial charge in [-0.15, -0.1) is 0 Å². The summed E-state index contributed by atoms with van der Waals surface area (Å²) in [6, 6.07) is 7.73. The summed E-state index contributed by atoms with van der Waals surface area (Å²) in [5.74, 6) is 0.255. The van der Waals surface area contributed by atoms with Gasteiger partial charge in [0.15, 0.2) is 0 Å². The molecular weight excluding hydrogens is 374 g/mol. The summed E-state index contributed by atoms with van der Waals surface area (Å²) in [5, 5.41) is 13.3. The summed E-state index contributed by atoms with van der Waals surface area (Å²) in [6.45, 7) is 2.89. The van der Waals surface area contributed by atoms with Crippen LogP contribution in [0, 0.1) is 0 Å². The van der Waals surface area contributed by atoms with Gasteiger partial charge in [-0.1, -0.05) is 24.2 Å². The van der Waals surface area contributed by atoms with Gasteiger partial charge in [-0.3, -0.25) is 9.20 Å². The van der Waals surface area contributed by atoms with Gasteiger partial charge in [-0.25, -0.2) is 4.98 Å².